The van der Waals surface area contributed by atoms with Crippen molar-refractivity contribution in [2.75, 3.05) is 28.3 Å². The minimum atomic E-state index is -1.01. The molecule has 1 heterocycles. The molecular weight excluding hydrogens is 502 g/mol. The monoisotopic (exact) mass is 563 g/mol. The lowest BCUT2D eigenvalue weighted by atomic mass is 9.82. The van der Waals surface area contributed by atoms with Crippen molar-refractivity contribution in [2.24, 2.45) is 23.7 Å². The van der Waals surface area contributed by atoms with Crippen LogP contribution in [0.4, 0.5) is 0 Å². The number of nitrogens with zero attached hydrogens (tertiary/aromatic N) is 1. The van der Waals surface area contributed by atoms with Crippen LogP contribution in [-0.2, 0) is 19.1 Å². The topological polar surface area (TPSA) is 137 Å². The van der Waals surface area contributed by atoms with E-state index in [1.165, 1.54) is 0 Å². The van der Waals surface area contributed by atoms with Crippen LogP contribution in [0.3, 0.4) is 0 Å². The second-order valence-electron chi connectivity index (χ2n) is 11.9. The zero-order valence-electron chi connectivity index (χ0n) is 26.6. The molecule has 39 heavy (non-hydrogen) atoms. The van der Waals surface area contributed by atoms with Crippen molar-refractivity contribution < 1.29 is 39.5 Å². The van der Waals surface area contributed by atoms with E-state index in [2.05, 4.69) is 11.8 Å². The predicted octanol–water partition coefficient (Wildman–Crippen LogP) is 3.44. The van der Waals surface area contributed by atoms with Crippen molar-refractivity contribution in [1.82, 2.24) is 4.90 Å². The summed E-state index contributed by atoms with van der Waals surface area (Å²) in [5, 5.41) is 36.9. The number of carbonyl (C=O) groups is 2. The van der Waals surface area contributed by atoms with Crippen LogP contribution in [-0.4, -0.2) is 102 Å². The van der Waals surface area contributed by atoms with Gasteiger partial charge in [0, 0.05) is 44.9 Å². The molecular formula is C30H61NO8. The van der Waals surface area contributed by atoms with E-state index >= 15 is 0 Å². The number of Topliss-reactive ketones (excluding diaryl/α,β-unsaturated/α-hetero) is 1. The highest BCUT2D eigenvalue weighted by Crippen LogP contribution is 2.27. The third kappa shape index (κ3) is 16.2. The Bertz CT molecular complexity index is 630. The lowest BCUT2D eigenvalue weighted by Crippen LogP contribution is -2.41. The SMILES string of the molecule is CC1CC(N(C)C)CC(O)O1.CCC(OC)[C@@](C)(O)CCC(=O)[C@H](C)CC(C)CC(C)C(O)C(C)C=O.CO. The zero-order valence-corrected chi connectivity index (χ0v) is 26.6. The third-order valence-electron chi connectivity index (χ3n) is 7.84. The number of carbonyl (C=O) groups excluding carboxylic acids is 2. The van der Waals surface area contributed by atoms with Crippen molar-refractivity contribution in [3.05, 3.63) is 0 Å². The minimum Gasteiger partial charge on any atom is -0.400 e. The molecule has 0 aromatic heterocycles. The number of aliphatic hydroxyl groups is 4. The molecule has 4 N–H and O–H groups in total. The van der Waals surface area contributed by atoms with Crippen LogP contribution >= 0.6 is 0 Å². The molecule has 0 amide bonds. The molecule has 0 saturated carbocycles. The predicted molar refractivity (Wildman–Crippen MR) is 155 cm³/mol. The van der Waals surface area contributed by atoms with Gasteiger partial charge in [-0.25, -0.2) is 0 Å². The molecule has 9 nitrogen and oxygen atoms in total. The number of aliphatic hydroxyl groups excluding tert-OH is 3. The molecule has 9 heteroatoms. The summed E-state index contributed by atoms with van der Waals surface area (Å²) in [5.74, 6) is -0.0137. The first-order valence-electron chi connectivity index (χ1n) is 14.4. The zero-order chi connectivity index (χ0) is 30.9. The van der Waals surface area contributed by atoms with Crippen molar-refractivity contribution >= 4 is 12.1 Å². The number of aldehydes is 1. The Balaban J connectivity index is 0. The molecule has 1 rings (SSSR count). The van der Waals surface area contributed by atoms with Crippen molar-refractivity contribution in [2.45, 2.75) is 130 Å². The Hall–Kier alpha value is -0.940. The normalized spacial score (nSPS) is 25.4. The molecule has 0 aromatic rings. The van der Waals surface area contributed by atoms with Crippen LogP contribution in [0.25, 0.3) is 0 Å². The number of ketones is 1. The molecule has 0 aliphatic carbocycles. The van der Waals surface area contributed by atoms with Gasteiger partial charge in [-0.15, -0.1) is 0 Å². The molecule has 10 atom stereocenters. The standard InChI is InChI=1S/C21H40O5.C8H17NO2.CH4O/c1-8-19(26-7)21(6,25)10-9-18(23)15(3)11-14(2)12-16(4)20(24)17(5)13-22;1-6-4-7(9(2)3)5-8(10)11-6;1-2/h13-17,19-20,24-25H,8-12H2,1-7H3;6-8,10H,4-5H2,1-3H3;2H,1H3/t14?,15-,16?,17?,19?,20?,21+;;/m1../s1. The molecule has 1 aliphatic rings. The summed E-state index contributed by atoms with van der Waals surface area (Å²) < 4.78 is 10.5. The Morgan fingerprint density at radius 1 is 1.15 bits per heavy atom. The summed E-state index contributed by atoms with van der Waals surface area (Å²) in [6.07, 6.45) is 4.19. The second-order valence-corrected chi connectivity index (χ2v) is 11.9. The first-order valence-corrected chi connectivity index (χ1v) is 14.4. The molecule has 1 aliphatic heterocycles. The second kappa shape index (κ2) is 20.9. The maximum atomic E-state index is 12.5. The van der Waals surface area contributed by atoms with Gasteiger partial charge in [0.05, 0.1) is 23.9 Å². The first kappa shape index (κ1) is 40.2. The van der Waals surface area contributed by atoms with Crippen molar-refractivity contribution in [3.8, 4) is 0 Å². The highest BCUT2D eigenvalue weighted by atomic mass is 16.6. The number of methoxy groups -OCH3 is 1. The lowest BCUT2D eigenvalue weighted by molar-refractivity contribution is -0.172. The summed E-state index contributed by atoms with van der Waals surface area (Å²) >= 11 is 0. The van der Waals surface area contributed by atoms with E-state index in [1.807, 2.05) is 41.8 Å². The average molecular weight is 564 g/mol. The molecule has 8 unspecified atom stereocenters. The number of hydrogen-bond donors (Lipinski definition) is 4. The fraction of sp³-hybridized carbons (Fsp3) is 0.933. The van der Waals surface area contributed by atoms with Gasteiger partial charge in [0.25, 0.3) is 0 Å². The summed E-state index contributed by atoms with van der Waals surface area (Å²) in [6, 6.07) is 0.466. The van der Waals surface area contributed by atoms with Gasteiger partial charge in [-0.1, -0.05) is 34.6 Å². The Morgan fingerprint density at radius 2 is 1.72 bits per heavy atom. The van der Waals surface area contributed by atoms with Gasteiger partial charge in [0.2, 0.25) is 0 Å². The van der Waals surface area contributed by atoms with E-state index in [-0.39, 0.29) is 41.7 Å². The average Bonchev–Trinajstić information content (AvgIpc) is 2.87. The highest BCUT2D eigenvalue weighted by molar-refractivity contribution is 5.80. The summed E-state index contributed by atoms with van der Waals surface area (Å²) in [7, 11) is 6.65. The maximum Gasteiger partial charge on any atom is 0.156 e. The number of rotatable bonds is 15. The molecule has 0 bridgehead atoms. The van der Waals surface area contributed by atoms with Gasteiger partial charge in [-0.2, -0.15) is 0 Å². The minimum absolute atomic E-state index is 0.0141. The highest BCUT2D eigenvalue weighted by Gasteiger charge is 2.32. The Kier molecular flexibility index (Phi) is 21.5. The summed E-state index contributed by atoms with van der Waals surface area (Å²) in [4.78, 5) is 25.4. The number of hydrogen-bond acceptors (Lipinski definition) is 9. The van der Waals surface area contributed by atoms with E-state index in [4.69, 9.17) is 14.6 Å². The van der Waals surface area contributed by atoms with E-state index in [1.54, 1.807) is 21.0 Å². The molecule has 0 spiro atoms. The fourth-order valence-electron chi connectivity index (χ4n) is 5.36. The van der Waals surface area contributed by atoms with Crippen LogP contribution < -0.4 is 0 Å². The van der Waals surface area contributed by atoms with Gasteiger partial charge < -0.3 is 39.6 Å². The van der Waals surface area contributed by atoms with E-state index in [0.717, 1.165) is 39.1 Å². The Morgan fingerprint density at radius 3 is 2.15 bits per heavy atom. The smallest absolute Gasteiger partial charge is 0.156 e. The van der Waals surface area contributed by atoms with E-state index in [0.29, 0.717) is 25.3 Å². The summed E-state index contributed by atoms with van der Waals surface area (Å²) in [6.45, 7) is 13.3. The van der Waals surface area contributed by atoms with Gasteiger partial charge in [-0.3, -0.25) is 4.79 Å². The van der Waals surface area contributed by atoms with Crippen LogP contribution in [0, 0.1) is 23.7 Å². The first-order chi connectivity index (χ1) is 18.1. The van der Waals surface area contributed by atoms with Gasteiger partial charge in [0.1, 0.15) is 12.1 Å². The van der Waals surface area contributed by atoms with Crippen LogP contribution in [0.2, 0.25) is 0 Å². The fourth-order valence-corrected chi connectivity index (χ4v) is 5.36. The van der Waals surface area contributed by atoms with Gasteiger partial charge in [0.15, 0.2) is 6.29 Å². The lowest BCUT2D eigenvalue weighted by Gasteiger charge is -2.34. The molecule has 1 fully saturated rings. The van der Waals surface area contributed by atoms with Crippen molar-refractivity contribution in [1.29, 1.82) is 0 Å². The number of ether oxygens (including phenoxy) is 2. The largest absolute Gasteiger partial charge is 0.400 e. The van der Waals surface area contributed by atoms with E-state index in [9.17, 15) is 24.9 Å². The molecule has 0 radical (unpaired) electrons. The van der Waals surface area contributed by atoms with Crippen LogP contribution in [0.5, 0.6) is 0 Å². The quantitative estimate of drug-likeness (QED) is 0.221. The van der Waals surface area contributed by atoms with Crippen molar-refractivity contribution in [3.63, 3.8) is 0 Å². The third-order valence-corrected chi connectivity index (χ3v) is 7.84. The summed E-state index contributed by atoms with van der Waals surface area (Å²) in [5.41, 5.74) is -1.01. The van der Waals surface area contributed by atoms with Gasteiger partial charge >= 0.3 is 0 Å². The molecule has 1 saturated heterocycles. The van der Waals surface area contributed by atoms with Crippen LogP contribution in [0.15, 0.2) is 0 Å². The molecule has 0 aromatic carbocycles. The molecule has 234 valence electrons. The van der Waals surface area contributed by atoms with Crippen LogP contribution in [0.1, 0.15) is 93.4 Å². The van der Waals surface area contributed by atoms with Gasteiger partial charge in [-0.05, 0) is 71.9 Å². The Labute approximate surface area is 238 Å². The van der Waals surface area contributed by atoms with E-state index < -0.39 is 18.0 Å². The maximum absolute atomic E-state index is 12.5.